The number of rotatable bonds is 4. The van der Waals surface area contributed by atoms with Crippen LogP contribution in [-0.4, -0.2) is 24.2 Å². The van der Waals surface area contributed by atoms with Gasteiger partial charge in [0.2, 0.25) is 0 Å². The number of benzene rings is 2. The molecule has 0 aliphatic carbocycles. The molecule has 3 N–H and O–H groups in total. The fourth-order valence-electron chi connectivity index (χ4n) is 2.95. The lowest BCUT2D eigenvalue weighted by Gasteiger charge is -2.17. The Morgan fingerprint density at radius 3 is 2.71 bits per heavy atom. The van der Waals surface area contributed by atoms with E-state index in [9.17, 15) is 0 Å². The molecular weight excluding hydrogens is 280 g/mol. The third kappa shape index (κ3) is 2.87. The summed E-state index contributed by atoms with van der Waals surface area (Å²) in [6.45, 7) is 3.94. The summed E-state index contributed by atoms with van der Waals surface area (Å²) in [7, 11) is 0. The van der Waals surface area contributed by atoms with E-state index in [1.807, 2.05) is 18.2 Å². The maximum atomic E-state index is 5.82. The molecule has 2 aromatic carbocycles. The van der Waals surface area contributed by atoms with Gasteiger partial charge in [0.25, 0.3) is 0 Å². The molecule has 1 heterocycles. The number of nitrogens with two attached hydrogens (primary N) is 1. The molecule has 4 heteroatoms. The van der Waals surface area contributed by atoms with Crippen molar-refractivity contribution in [1.29, 1.82) is 0 Å². The highest BCUT2D eigenvalue weighted by atomic mass is 32.1. The number of hydrogen-bond acceptors (Lipinski definition) is 3. The van der Waals surface area contributed by atoms with Crippen molar-refractivity contribution >= 4 is 33.7 Å². The lowest BCUT2D eigenvalue weighted by Crippen LogP contribution is -2.21. The average Bonchev–Trinajstić information content (AvgIpc) is 2.89. The van der Waals surface area contributed by atoms with Gasteiger partial charge in [-0.3, -0.25) is 0 Å². The molecule has 1 aliphatic heterocycles. The quantitative estimate of drug-likeness (QED) is 0.851. The first-order valence-corrected chi connectivity index (χ1v) is 7.74. The summed E-state index contributed by atoms with van der Waals surface area (Å²) in [4.78, 5) is 0.440. The molecule has 1 aliphatic rings. The second-order valence-electron chi connectivity index (χ2n) is 5.58. The van der Waals surface area contributed by atoms with E-state index in [2.05, 4.69) is 30.4 Å². The molecule has 0 bridgehead atoms. The van der Waals surface area contributed by atoms with Crippen molar-refractivity contribution in [3.63, 3.8) is 0 Å². The Hall–Kier alpha value is -1.65. The Labute approximate surface area is 130 Å². The molecule has 0 radical (unpaired) electrons. The first-order valence-electron chi connectivity index (χ1n) is 7.34. The Kier molecular flexibility index (Phi) is 4.08. The zero-order valence-electron chi connectivity index (χ0n) is 12.1. The van der Waals surface area contributed by atoms with Crippen molar-refractivity contribution in [1.82, 2.24) is 0 Å². The van der Waals surface area contributed by atoms with Gasteiger partial charge in [-0.25, -0.2) is 0 Å². The van der Waals surface area contributed by atoms with Crippen LogP contribution in [0, 0.1) is 5.92 Å². The van der Waals surface area contributed by atoms with Gasteiger partial charge in [-0.05, 0) is 30.9 Å². The number of thiocarbonyl (C=S) groups is 1. The maximum absolute atomic E-state index is 5.82. The third-order valence-corrected chi connectivity index (χ3v) is 4.50. The molecule has 110 valence electrons. The summed E-state index contributed by atoms with van der Waals surface area (Å²) < 4.78 is 5.62. The van der Waals surface area contributed by atoms with Crippen molar-refractivity contribution in [2.45, 2.75) is 19.4 Å². The summed E-state index contributed by atoms with van der Waals surface area (Å²) in [5, 5.41) is 5.83. The highest BCUT2D eigenvalue weighted by Gasteiger charge is 2.23. The fraction of sp³-hybridized carbons (Fsp3) is 0.353. The lowest BCUT2D eigenvalue weighted by atomic mass is 10.0. The van der Waals surface area contributed by atoms with Gasteiger partial charge in [0.1, 0.15) is 4.99 Å². The topological polar surface area (TPSA) is 47.3 Å². The van der Waals surface area contributed by atoms with Crippen molar-refractivity contribution in [2.75, 3.05) is 18.5 Å². The van der Waals surface area contributed by atoms with Crippen LogP contribution in [0.5, 0.6) is 0 Å². The number of nitrogens with one attached hydrogen (secondary N) is 1. The molecule has 0 spiro atoms. The van der Waals surface area contributed by atoms with Crippen LogP contribution in [0.4, 0.5) is 5.69 Å². The predicted molar refractivity (Wildman–Crippen MR) is 91.8 cm³/mol. The van der Waals surface area contributed by atoms with Crippen molar-refractivity contribution in [2.24, 2.45) is 11.7 Å². The van der Waals surface area contributed by atoms with Gasteiger partial charge < -0.3 is 15.8 Å². The molecule has 2 unspecified atom stereocenters. The van der Waals surface area contributed by atoms with Gasteiger partial charge in [-0.2, -0.15) is 0 Å². The van der Waals surface area contributed by atoms with Crippen molar-refractivity contribution in [3.05, 3.63) is 42.0 Å². The van der Waals surface area contributed by atoms with Gasteiger partial charge in [-0.15, -0.1) is 0 Å². The van der Waals surface area contributed by atoms with E-state index in [-0.39, 0.29) is 0 Å². The van der Waals surface area contributed by atoms with E-state index in [0.29, 0.717) is 17.0 Å². The highest BCUT2D eigenvalue weighted by Crippen LogP contribution is 2.28. The summed E-state index contributed by atoms with van der Waals surface area (Å²) in [6.07, 6.45) is 1.46. The SMILES string of the molecule is CC1OCCC1CNc1ccc(C(N)=S)c2ccccc12. The predicted octanol–water partition coefficient (Wildman–Crippen LogP) is 3.31. The Morgan fingerprint density at radius 2 is 2.05 bits per heavy atom. The standard InChI is InChI=1S/C17H20N2OS/c1-11-12(8-9-20-11)10-19-16-7-6-15(17(18)21)13-4-2-3-5-14(13)16/h2-7,11-12,19H,8-10H2,1H3,(H2,18,21). The second kappa shape index (κ2) is 6.00. The van der Waals surface area contributed by atoms with Crippen LogP contribution in [0.3, 0.4) is 0 Å². The maximum Gasteiger partial charge on any atom is 0.104 e. The zero-order chi connectivity index (χ0) is 14.8. The van der Waals surface area contributed by atoms with Gasteiger partial charge in [0.15, 0.2) is 0 Å². The van der Waals surface area contributed by atoms with Gasteiger partial charge in [0, 0.05) is 35.7 Å². The summed E-state index contributed by atoms with van der Waals surface area (Å²) >= 11 is 5.14. The number of ether oxygens (including phenoxy) is 1. The smallest absolute Gasteiger partial charge is 0.104 e. The molecule has 21 heavy (non-hydrogen) atoms. The Morgan fingerprint density at radius 1 is 1.29 bits per heavy atom. The Bertz CT molecular complexity index is 671. The van der Waals surface area contributed by atoms with Crippen LogP contribution in [0.1, 0.15) is 18.9 Å². The minimum absolute atomic E-state index is 0.333. The molecular formula is C17H20N2OS. The molecule has 1 fully saturated rings. The molecule has 1 saturated heterocycles. The minimum Gasteiger partial charge on any atom is -0.389 e. The van der Waals surface area contributed by atoms with Crippen LogP contribution < -0.4 is 11.1 Å². The second-order valence-corrected chi connectivity index (χ2v) is 6.02. The van der Waals surface area contributed by atoms with Crippen molar-refractivity contribution in [3.8, 4) is 0 Å². The molecule has 2 atom stereocenters. The first-order chi connectivity index (χ1) is 10.2. The average molecular weight is 300 g/mol. The molecule has 0 aromatic heterocycles. The van der Waals surface area contributed by atoms with E-state index in [0.717, 1.165) is 41.6 Å². The van der Waals surface area contributed by atoms with E-state index < -0.39 is 0 Å². The zero-order valence-corrected chi connectivity index (χ0v) is 13.0. The van der Waals surface area contributed by atoms with Crippen molar-refractivity contribution < 1.29 is 4.74 Å². The largest absolute Gasteiger partial charge is 0.389 e. The molecule has 2 aromatic rings. The fourth-order valence-corrected chi connectivity index (χ4v) is 3.13. The lowest BCUT2D eigenvalue weighted by molar-refractivity contribution is 0.108. The van der Waals surface area contributed by atoms with E-state index in [4.69, 9.17) is 22.7 Å². The molecule has 3 nitrogen and oxygen atoms in total. The Balaban J connectivity index is 1.89. The summed E-state index contributed by atoms with van der Waals surface area (Å²) in [5.41, 5.74) is 7.88. The normalized spacial score (nSPS) is 21.6. The first kappa shape index (κ1) is 14.3. The van der Waals surface area contributed by atoms with Gasteiger partial charge in [-0.1, -0.05) is 36.5 Å². The van der Waals surface area contributed by atoms with Crippen LogP contribution in [0.25, 0.3) is 10.8 Å². The van der Waals surface area contributed by atoms with E-state index >= 15 is 0 Å². The van der Waals surface area contributed by atoms with Crippen LogP contribution in [-0.2, 0) is 4.74 Å². The van der Waals surface area contributed by atoms with Gasteiger partial charge in [0.05, 0.1) is 6.10 Å². The third-order valence-electron chi connectivity index (χ3n) is 4.28. The van der Waals surface area contributed by atoms with Crippen LogP contribution in [0.2, 0.25) is 0 Å². The van der Waals surface area contributed by atoms with Crippen LogP contribution >= 0.6 is 12.2 Å². The molecule has 0 amide bonds. The number of hydrogen-bond donors (Lipinski definition) is 2. The number of fused-ring (bicyclic) bond motifs is 1. The van der Waals surface area contributed by atoms with E-state index in [1.54, 1.807) is 0 Å². The van der Waals surface area contributed by atoms with Gasteiger partial charge >= 0.3 is 0 Å². The summed E-state index contributed by atoms with van der Waals surface area (Å²) in [5.74, 6) is 0.569. The molecule has 0 saturated carbocycles. The summed E-state index contributed by atoms with van der Waals surface area (Å²) in [6, 6.07) is 12.3. The monoisotopic (exact) mass is 300 g/mol. The highest BCUT2D eigenvalue weighted by molar-refractivity contribution is 7.80. The minimum atomic E-state index is 0.333. The van der Waals surface area contributed by atoms with E-state index in [1.165, 1.54) is 0 Å². The van der Waals surface area contributed by atoms with Crippen LogP contribution in [0.15, 0.2) is 36.4 Å². The number of anilines is 1. The molecule has 3 rings (SSSR count).